The second kappa shape index (κ2) is 6.03. The molecule has 6 nitrogen and oxygen atoms in total. The van der Waals surface area contributed by atoms with Crippen molar-refractivity contribution in [3.63, 3.8) is 0 Å². The maximum absolute atomic E-state index is 11.9. The fourth-order valence-corrected chi connectivity index (χ4v) is 2.56. The summed E-state index contributed by atoms with van der Waals surface area (Å²) in [7, 11) is 0. The summed E-state index contributed by atoms with van der Waals surface area (Å²) in [6.07, 6.45) is 2.44. The van der Waals surface area contributed by atoms with Gasteiger partial charge in [-0.1, -0.05) is 6.07 Å². The molecular formula is C12H16N4O2S. The highest BCUT2D eigenvalue weighted by atomic mass is 32.2. The van der Waals surface area contributed by atoms with Crippen LogP contribution >= 0.6 is 11.8 Å². The highest BCUT2D eigenvalue weighted by Gasteiger charge is 2.13. The van der Waals surface area contributed by atoms with Crippen molar-refractivity contribution >= 4 is 23.3 Å². The maximum Gasteiger partial charge on any atom is 0.357 e. The molecule has 102 valence electrons. The molecule has 2 aromatic rings. The number of carbonyl (C=O) groups is 1. The van der Waals surface area contributed by atoms with Crippen LogP contribution in [0, 0.1) is 0 Å². The van der Waals surface area contributed by atoms with Crippen molar-refractivity contribution in [3.8, 4) is 0 Å². The predicted molar refractivity (Wildman–Crippen MR) is 75.7 cm³/mol. The number of pyridine rings is 1. The molecule has 19 heavy (non-hydrogen) atoms. The summed E-state index contributed by atoms with van der Waals surface area (Å²) in [4.78, 5) is 23.8. The molecule has 0 fully saturated rings. The molecule has 7 heteroatoms. The molecule has 0 saturated heterocycles. The zero-order valence-electron chi connectivity index (χ0n) is 10.7. The van der Waals surface area contributed by atoms with Crippen molar-refractivity contribution in [1.29, 1.82) is 0 Å². The van der Waals surface area contributed by atoms with Gasteiger partial charge in [-0.25, -0.2) is 9.20 Å². The Labute approximate surface area is 114 Å². The largest absolute Gasteiger partial charge is 0.357 e. The van der Waals surface area contributed by atoms with Gasteiger partial charge in [-0.05, 0) is 31.2 Å². The monoisotopic (exact) mass is 280 g/mol. The lowest BCUT2D eigenvalue weighted by Gasteiger charge is -2.03. The first-order valence-electron chi connectivity index (χ1n) is 6.02. The van der Waals surface area contributed by atoms with Gasteiger partial charge in [0.1, 0.15) is 0 Å². The maximum atomic E-state index is 11.9. The molecule has 2 aromatic heterocycles. The fourth-order valence-electron chi connectivity index (χ4n) is 1.58. The summed E-state index contributed by atoms with van der Waals surface area (Å²) >= 11 is 1.46. The van der Waals surface area contributed by atoms with E-state index in [0.29, 0.717) is 5.65 Å². The molecule has 0 aliphatic rings. The van der Waals surface area contributed by atoms with E-state index in [1.165, 1.54) is 16.2 Å². The van der Waals surface area contributed by atoms with Gasteiger partial charge < -0.3 is 5.73 Å². The van der Waals surface area contributed by atoms with Crippen molar-refractivity contribution in [2.75, 3.05) is 11.5 Å². The van der Waals surface area contributed by atoms with E-state index >= 15 is 0 Å². The van der Waals surface area contributed by atoms with Crippen LogP contribution < -0.4 is 11.4 Å². The highest BCUT2D eigenvalue weighted by molar-refractivity contribution is 7.99. The van der Waals surface area contributed by atoms with Crippen LogP contribution in [0.5, 0.6) is 0 Å². The van der Waals surface area contributed by atoms with E-state index in [4.69, 9.17) is 5.73 Å². The Kier molecular flexibility index (Phi) is 4.39. The van der Waals surface area contributed by atoms with Crippen LogP contribution in [0.25, 0.3) is 5.65 Å². The number of fused-ring (bicyclic) bond motifs is 1. The fraction of sp³-hybridized carbons (Fsp3) is 0.417. The average molecular weight is 280 g/mol. The van der Waals surface area contributed by atoms with Gasteiger partial charge in [-0.15, -0.1) is 9.78 Å². The second-order valence-corrected chi connectivity index (χ2v) is 5.44. The quantitative estimate of drug-likeness (QED) is 0.811. The molecule has 0 amide bonds. The van der Waals surface area contributed by atoms with E-state index in [9.17, 15) is 9.59 Å². The Balaban J connectivity index is 2.05. The molecule has 0 saturated carbocycles. The molecular weight excluding hydrogens is 264 g/mol. The molecule has 0 radical (unpaired) electrons. The third-order valence-electron chi connectivity index (χ3n) is 2.61. The Morgan fingerprint density at radius 2 is 2.32 bits per heavy atom. The van der Waals surface area contributed by atoms with E-state index in [1.807, 2.05) is 6.92 Å². The van der Waals surface area contributed by atoms with E-state index in [-0.39, 0.29) is 17.7 Å². The Hall–Kier alpha value is -1.60. The SMILES string of the molecule is CC(N)CCSCC(=O)n1nc2ccccn2c1=O. The van der Waals surface area contributed by atoms with Crippen LogP contribution in [-0.4, -0.2) is 37.6 Å². The van der Waals surface area contributed by atoms with E-state index in [0.717, 1.165) is 16.9 Å². The van der Waals surface area contributed by atoms with Crippen LogP contribution in [0.3, 0.4) is 0 Å². The van der Waals surface area contributed by atoms with Crippen LogP contribution in [0.4, 0.5) is 0 Å². The average Bonchev–Trinajstić information content (AvgIpc) is 2.72. The lowest BCUT2D eigenvalue weighted by Crippen LogP contribution is -2.28. The lowest BCUT2D eigenvalue weighted by molar-refractivity contribution is 0.0922. The number of nitrogens with two attached hydrogens (primary N) is 1. The van der Waals surface area contributed by atoms with Gasteiger partial charge in [-0.3, -0.25) is 4.79 Å². The molecule has 1 atom stereocenters. The van der Waals surface area contributed by atoms with Gasteiger partial charge in [0.25, 0.3) is 5.91 Å². The smallest absolute Gasteiger partial charge is 0.328 e. The normalized spacial score (nSPS) is 12.7. The van der Waals surface area contributed by atoms with Gasteiger partial charge in [0, 0.05) is 12.2 Å². The molecule has 0 bridgehead atoms. The zero-order chi connectivity index (χ0) is 13.8. The summed E-state index contributed by atoms with van der Waals surface area (Å²) in [5.74, 6) is 0.727. The first-order chi connectivity index (χ1) is 9.09. The van der Waals surface area contributed by atoms with Crippen LogP contribution in [-0.2, 0) is 0 Å². The van der Waals surface area contributed by atoms with Gasteiger partial charge in [0.15, 0.2) is 5.65 Å². The second-order valence-electron chi connectivity index (χ2n) is 4.34. The first-order valence-corrected chi connectivity index (χ1v) is 7.18. The topological polar surface area (TPSA) is 82.4 Å². The highest BCUT2D eigenvalue weighted by Crippen LogP contribution is 2.05. The van der Waals surface area contributed by atoms with Gasteiger partial charge in [0.05, 0.1) is 5.75 Å². The summed E-state index contributed by atoms with van der Waals surface area (Å²) in [6.45, 7) is 1.93. The number of rotatable bonds is 5. The van der Waals surface area contributed by atoms with Crippen LogP contribution in [0.1, 0.15) is 18.1 Å². The Morgan fingerprint density at radius 1 is 1.53 bits per heavy atom. The Bertz CT molecular complexity index is 632. The van der Waals surface area contributed by atoms with Crippen LogP contribution in [0.2, 0.25) is 0 Å². The molecule has 0 aromatic carbocycles. The van der Waals surface area contributed by atoms with E-state index in [1.54, 1.807) is 24.4 Å². The summed E-state index contributed by atoms with van der Waals surface area (Å²) in [5, 5.41) is 4.01. The third kappa shape index (κ3) is 3.24. The van der Waals surface area contributed by atoms with Gasteiger partial charge in [0.2, 0.25) is 0 Å². The van der Waals surface area contributed by atoms with Crippen molar-refractivity contribution in [2.24, 2.45) is 5.73 Å². The number of hydrogen-bond donors (Lipinski definition) is 1. The van der Waals surface area contributed by atoms with Crippen molar-refractivity contribution in [1.82, 2.24) is 14.2 Å². The van der Waals surface area contributed by atoms with E-state index in [2.05, 4.69) is 5.10 Å². The molecule has 2 rings (SSSR count). The molecule has 0 aliphatic heterocycles. The number of aromatic nitrogens is 3. The van der Waals surface area contributed by atoms with Crippen molar-refractivity contribution in [2.45, 2.75) is 19.4 Å². The molecule has 1 unspecified atom stereocenters. The van der Waals surface area contributed by atoms with Gasteiger partial charge >= 0.3 is 5.69 Å². The van der Waals surface area contributed by atoms with Gasteiger partial charge in [-0.2, -0.15) is 11.8 Å². The molecule has 2 heterocycles. The Morgan fingerprint density at radius 3 is 3.00 bits per heavy atom. The van der Waals surface area contributed by atoms with Crippen LogP contribution in [0.15, 0.2) is 29.2 Å². The minimum absolute atomic E-state index is 0.125. The standard InChI is InChI=1S/C12H16N4O2S/c1-9(13)5-7-19-8-11(17)16-12(18)15-6-3-2-4-10(15)14-16/h2-4,6,9H,5,7-8,13H2,1H3. The van der Waals surface area contributed by atoms with Crippen molar-refractivity contribution < 1.29 is 4.79 Å². The summed E-state index contributed by atoms with van der Waals surface area (Å²) < 4.78 is 2.28. The molecule has 0 spiro atoms. The minimum atomic E-state index is -0.423. The first kappa shape index (κ1) is 13.8. The third-order valence-corrected chi connectivity index (χ3v) is 3.58. The number of thioether (sulfide) groups is 1. The number of carbonyl (C=O) groups excluding carboxylic acids is 1. The predicted octanol–water partition coefficient (Wildman–Crippen LogP) is 0.607. The summed E-state index contributed by atoms with van der Waals surface area (Å²) in [5.41, 5.74) is 5.68. The molecule has 2 N–H and O–H groups in total. The molecule has 0 aliphatic carbocycles. The van der Waals surface area contributed by atoms with E-state index < -0.39 is 5.69 Å². The van der Waals surface area contributed by atoms with Crippen molar-refractivity contribution in [3.05, 3.63) is 34.9 Å². The lowest BCUT2D eigenvalue weighted by atomic mass is 10.3. The minimum Gasteiger partial charge on any atom is -0.328 e. The number of hydrogen-bond acceptors (Lipinski definition) is 5. The summed E-state index contributed by atoms with van der Waals surface area (Å²) in [6, 6.07) is 5.31. The zero-order valence-corrected chi connectivity index (χ0v) is 11.5. The number of nitrogens with zero attached hydrogens (tertiary/aromatic N) is 3.